The van der Waals surface area contributed by atoms with Crippen molar-refractivity contribution in [3.63, 3.8) is 0 Å². The van der Waals surface area contributed by atoms with Gasteiger partial charge < -0.3 is 10.1 Å². The second-order valence-corrected chi connectivity index (χ2v) is 6.09. The van der Waals surface area contributed by atoms with Crippen LogP contribution in [0.4, 0.5) is 5.13 Å². The topological polar surface area (TPSA) is 34.1 Å². The number of nitrogens with one attached hydrogen (secondary N) is 1. The zero-order chi connectivity index (χ0) is 12.5. The highest BCUT2D eigenvalue weighted by molar-refractivity contribution is 9.10. The van der Waals surface area contributed by atoms with Gasteiger partial charge in [0, 0.05) is 35.0 Å². The summed E-state index contributed by atoms with van der Waals surface area (Å²) in [6.07, 6.45) is 0.982. The Hall–Kier alpha value is -0.910. The molecule has 0 spiro atoms. The van der Waals surface area contributed by atoms with Gasteiger partial charge in [0.2, 0.25) is 0 Å². The number of hydrogen-bond donors (Lipinski definition) is 1. The third-order valence-corrected chi connectivity index (χ3v) is 4.75. The van der Waals surface area contributed by atoms with Gasteiger partial charge in [-0.1, -0.05) is 28.1 Å². The molecule has 0 fully saturated rings. The molecule has 0 unspecified atom stereocenters. The molecule has 94 valence electrons. The lowest BCUT2D eigenvalue weighted by Crippen LogP contribution is -2.07. The maximum atomic E-state index is 5.02. The first kappa shape index (κ1) is 12.1. The molecule has 3 rings (SSSR count). The molecule has 0 amide bonds. The van der Waals surface area contributed by atoms with E-state index in [1.807, 2.05) is 0 Å². The van der Waals surface area contributed by atoms with Crippen LogP contribution in [-0.4, -0.2) is 25.2 Å². The zero-order valence-corrected chi connectivity index (χ0v) is 12.4. The number of fused-ring (bicyclic) bond motifs is 3. The average molecular weight is 325 g/mol. The van der Waals surface area contributed by atoms with E-state index in [9.17, 15) is 0 Å². The van der Waals surface area contributed by atoms with Gasteiger partial charge in [-0.05, 0) is 11.6 Å². The molecule has 2 aromatic rings. The normalized spacial score (nSPS) is 12.3. The van der Waals surface area contributed by atoms with E-state index < -0.39 is 0 Å². The summed E-state index contributed by atoms with van der Waals surface area (Å²) in [7, 11) is 1.71. The molecule has 1 N–H and O–H groups in total. The number of hydrogen-bond acceptors (Lipinski definition) is 4. The standard InChI is InChI=1S/C13H13BrN2OS/c1-17-6-5-15-13-16-12-8-3-2-4-10(14)9(8)7-11(12)18-13/h2-4H,5-7H2,1H3,(H,15,16). The maximum Gasteiger partial charge on any atom is 0.183 e. The van der Waals surface area contributed by atoms with Crippen LogP contribution in [0.25, 0.3) is 11.3 Å². The number of benzene rings is 1. The minimum atomic E-state index is 0.701. The van der Waals surface area contributed by atoms with Crippen molar-refractivity contribution in [1.82, 2.24) is 4.98 Å². The van der Waals surface area contributed by atoms with Crippen molar-refractivity contribution < 1.29 is 4.74 Å². The van der Waals surface area contributed by atoms with Crippen LogP contribution in [0, 0.1) is 0 Å². The SMILES string of the molecule is COCCNc1nc2c(s1)Cc1c(Br)cccc1-2. The van der Waals surface area contributed by atoms with E-state index in [-0.39, 0.29) is 0 Å². The highest BCUT2D eigenvalue weighted by Crippen LogP contribution is 2.43. The van der Waals surface area contributed by atoms with Crippen molar-refractivity contribution in [2.75, 3.05) is 25.6 Å². The molecule has 1 aliphatic carbocycles. The average Bonchev–Trinajstić information content (AvgIpc) is 2.88. The lowest BCUT2D eigenvalue weighted by atomic mass is 10.1. The van der Waals surface area contributed by atoms with Crippen LogP contribution in [0.5, 0.6) is 0 Å². The van der Waals surface area contributed by atoms with E-state index in [1.54, 1.807) is 18.4 Å². The maximum absolute atomic E-state index is 5.02. The van der Waals surface area contributed by atoms with Gasteiger partial charge in [-0.15, -0.1) is 11.3 Å². The number of nitrogens with zero attached hydrogens (tertiary/aromatic N) is 1. The fourth-order valence-electron chi connectivity index (χ4n) is 2.14. The number of halogens is 1. The van der Waals surface area contributed by atoms with E-state index >= 15 is 0 Å². The number of anilines is 1. The van der Waals surface area contributed by atoms with Gasteiger partial charge in [0.25, 0.3) is 0 Å². The smallest absolute Gasteiger partial charge is 0.183 e. The molecule has 0 aliphatic heterocycles. The van der Waals surface area contributed by atoms with Crippen molar-refractivity contribution in [2.45, 2.75) is 6.42 Å². The van der Waals surface area contributed by atoms with Crippen molar-refractivity contribution in [2.24, 2.45) is 0 Å². The number of rotatable bonds is 4. The monoisotopic (exact) mass is 324 g/mol. The molecule has 0 bridgehead atoms. The summed E-state index contributed by atoms with van der Waals surface area (Å²) in [6.45, 7) is 1.50. The van der Waals surface area contributed by atoms with Gasteiger partial charge in [-0.3, -0.25) is 0 Å². The number of methoxy groups -OCH3 is 1. The molecular formula is C13H13BrN2OS. The molecule has 0 radical (unpaired) electrons. The highest BCUT2D eigenvalue weighted by atomic mass is 79.9. The third kappa shape index (κ3) is 2.06. The molecule has 5 heteroatoms. The Labute approximate surface area is 118 Å². The van der Waals surface area contributed by atoms with Crippen LogP contribution in [0.2, 0.25) is 0 Å². The molecule has 1 aliphatic rings. The van der Waals surface area contributed by atoms with Gasteiger partial charge in [-0.25, -0.2) is 4.98 Å². The fourth-order valence-corrected chi connectivity index (χ4v) is 3.66. The number of ether oxygens (including phenoxy) is 1. The van der Waals surface area contributed by atoms with Crippen LogP contribution in [0.15, 0.2) is 22.7 Å². The quantitative estimate of drug-likeness (QED) is 0.745. The summed E-state index contributed by atoms with van der Waals surface area (Å²) >= 11 is 5.34. The lowest BCUT2D eigenvalue weighted by molar-refractivity contribution is 0.211. The van der Waals surface area contributed by atoms with E-state index in [1.165, 1.54) is 20.5 Å². The van der Waals surface area contributed by atoms with Crippen molar-refractivity contribution >= 4 is 32.4 Å². The van der Waals surface area contributed by atoms with Gasteiger partial charge in [0.1, 0.15) is 0 Å². The molecule has 1 aromatic carbocycles. The predicted octanol–water partition coefficient (Wildman–Crippen LogP) is 3.54. The van der Waals surface area contributed by atoms with Crippen molar-refractivity contribution in [3.05, 3.63) is 33.1 Å². The summed E-state index contributed by atoms with van der Waals surface area (Å²) in [6, 6.07) is 6.30. The Balaban J connectivity index is 1.87. The van der Waals surface area contributed by atoms with Crippen LogP contribution >= 0.6 is 27.3 Å². The lowest BCUT2D eigenvalue weighted by Gasteiger charge is -2.03. The Morgan fingerprint density at radius 3 is 3.22 bits per heavy atom. The molecule has 18 heavy (non-hydrogen) atoms. The van der Waals surface area contributed by atoms with Crippen molar-refractivity contribution in [3.8, 4) is 11.3 Å². The first-order valence-electron chi connectivity index (χ1n) is 5.80. The van der Waals surface area contributed by atoms with E-state index in [2.05, 4.69) is 44.4 Å². The Morgan fingerprint density at radius 1 is 1.50 bits per heavy atom. The van der Waals surface area contributed by atoms with Crippen LogP contribution in [0.1, 0.15) is 10.4 Å². The first-order chi connectivity index (χ1) is 8.79. The molecule has 0 atom stereocenters. The second-order valence-electron chi connectivity index (χ2n) is 4.15. The Bertz CT molecular complexity index is 582. The molecule has 0 saturated heterocycles. The second kappa shape index (κ2) is 4.99. The largest absolute Gasteiger partial charge is 0.383 e. The first-order valence-corrected chi connectivity index (χ1v) is 7.41. The Kier molecular flexibility index (Phi) is 3.37. The molecule has 0 saturated carbocycles. The summed E-state index contributed by atoms with van der Waals surface area (Å²) in [5.74, 6) is 0. The van der Waals surface area contributed by atoms with E-state index in [0.29, 0.717) is 6.61 Å². The molecule has 1 heterocycles. The molecular weight excluding hydrogens is 312 g/mol. The summed E-state index contributed by atoms with van der Waals surface area (Å²) in [5, 5.41) is 4.28. The van der Waals surface area contributed by atoms with Crippen LogP contribution < -0.4 is 5.32 Å². The minimum Gasteiger partial charge on any atom is -0.383 e. The Morgan fingerprint density at radius 2 is 2.39 bits per heavy atom. The summed E-state index contributed by atoms with van der Waals surface area (Å²) in [4.78, 5) is 6.02. The predicted molar refractivity (Wildman–Crippen MR) is 78.4 cm³/mol. The highest BCUT2D eigenvalue weighted by Gasteiger charge is 2.24. The van der Waals surface area contributed by atoms with Crippen molar-refractivity contribution in [1.29, 1.82) is 0 Å². The van der Waals surface area contributed by atoms with E-state index in [4.69, 9.17) is 4.74 Å². The zero-order valence-electron chi connectivity index (χ0n) is 10.00. The van der Waals surface area contributed by atoms with Gasteiger partial charge in [-0.2, -0.15) is 0 Å². The summed E-state index contributed by atoms with van der Waals surface area (Å²) < 4.78 is 6.20. The molecule has 1 aromatic heterocycles. The van der Waals surface area contributed by atoms with E-state index in [0.717, 1.165) is 23.8 Å². The van der Waals surface area contributed by atoms with Gasteiger partial charge in [0.05, 0.1) is 12.3 Å². The minimum absolute atomic E-state index is 0.701. The fraction of sp³-hybridized carbons (Fsp3) is 0.308. The van der Waals surface area contributed by atoms with Crippen LogP contribution in [-0.2, 0) is 11.2 Å². The van der Waals surface area contributed by atoms with Gasteiger partial charge >= 0.3 is 0 Å². The molecule has 3 nitrogen and oxygen atoms in total. The summed E-state index contributed by atoms with van der Waals surface area (Å²) in [5.41, 5.74) is 3.75. The number of aromatic nitrogens is 1. The van der Waals surface area contributed by atoms with Crippen LogP contribution in [0.3, 0.4) is 0 Å². The third-order valence-electron chi connectivity index (χ3n) is 2.99. The number of thiazole rings is 1. The van der Waals surface area contributed by atoms with Gasteiger partial charge in [0.15, 0.2) is 5.13 Å².